The Bertz CT molecular complexity index is 639. The molecule has 2 N–H and O–H groups in total. The predicted molar refractivity (Wildman–Crippen MR) is 76.1 cm³/mol. The smallest absolute Gasteiger partial charge is 0.255 e. The van der Waals surface area contributed by atoms with Crippen molar-refractivity contribution in [1.82, 2.24) is 0 Å². The van der Waals surface area contributed by atoms with Crippen LogP contribution in [0.5, 0.6) is 5.75 Å². The summed E-state index contributed by atoms with van der Waals surface area (Å²) in [6, 6.07) is 12.3. The van der Waals surface area contributed by atoms with Gasteiger partial charge in [-0.15, -0.1) is 0 Å². The van der Waals surface area contributed by atoms with Crippen molar-refractivity contribution in [3.63, 3.8) is 0 Å². The Kier molecular flexibility index (Phi) is 4.10. The van der Waals surface area contributed by atoms with Crippen molar-refractivity contribution in [2.45, 2.75) is 6.92 Å². The topological polar surface area (TPSA) is 74.6 Å². The normalized spacial score (nSPS) is 9.90. The van der Waals surface area contributed by atoms with E-state index in [4.69, 9.17) is 10.3 Å². The minimum Gasteiger partial charge on any atom is -0.502 e. The van der Waals surface area contributed by atoms with Gasteiger partial charge in [0.1, 0.15) is 0 Å². The molecule has 0 aliphatic rings. The van der Waals surface area contributed by atoms with Gasteiger partial charge in [0.2, 0.25) is 5.69 Å². The Balaban J connectivity index is 2.30. The second-order valence-electron chi connectivity index (χ2n) is 4.30. The van der Waals surface area contributed by atoms with Crippen LogP contribution in [0, 0.1) is 6.92 Å². The SMILES string of the molecule is COc1cc(NC(=O)c2ccccc2)c(C)cc1[NH+]=[N-]. The molecule has 20 heavy (non-hydrogen) atoms. The van der Waals surface area contributed by atoms with Gasteiger partial charge < -0.3 is 15.6 Å². The van der Waals surface area contributed by atoms with E-state index < -0.39 is 0 Å². The summed E-state index contributed by atoms with van der Waals surface area (Å²) >= 11 is 0. The van der Waals surface area contributed by atoms with Crippen LogP contribution in [0.2, 0.25) is 0 Å². The van der Waals surface area contributed by atoms with Gasteiger partial charge in [-0.1, -0.05) is 18.2 Å². The molecule has 0 aliphatic heterocycles. The zero-order valence-corrected chi connectivity index (χ0v) is 11.3. The van der Waals surface area contributed by atoms with Gasteiger partial charge in [0.25, 0.3) is 5.91 Å². The number of anilines is 1. The van der Waals surface area contributed by atoms with Crippen LogP contribution in [0.1, 0.15) is 15.9 Å². The lowest BCUT2D eigenvalue weighted by Gasteiger charge is -2.11. The maximum absolute atomic E-state index is 12.1. The highest BCUT2D eigenvalue weighted by Gasteiger charge is 2.13. The number of rotatable bonds is 4. The van der Waals surface area contributed by atoms with Gasteiger partial charge in [-0.2, -0.15) is 0 Å². The number of nitrogens with one attached hydrogen (secondary N) is 2. The van der Waals surface area contributed by atoms with Crippen LogP contribution in [-0.2, 0) is 0 Å². The number of nitrogens with zero attached hydrogens (tertiary/aromatic N) is 1. The number of carbonyl (C=O) groups excluding carboxylic acids is 1. The van der Waals surface area contributed by atoms with Gasteiger partial charge in [-0.3, -0.25) is 9.91 Å². The summed E-state index contributed by atoms with van der Waals surface area (Å²) in [5.41, 5.74) is 11.5. The Morgan fingerprint density at radius 3 is 2.55 bits per heavy atom. The largest absolute Gasteiger partial charge is 0.502 e. The van der Waals surface area contributed by atoms with E-state index >= 15 is 0 Å². The van der Waals surface area contributed by atoms with Crippen LogP contribution in [-0.4, -0.2) is 13.0 Å². The summed E-state index contributed by atoms with van der Waals surface area (Å²) < 4.78 is 5.15. The number of aryl methyl sites for hydroxylation is 1. The lowest BCUT2D eigenvalue weighted by atomic mass is 10.1. The minimum atomic E-state index is -0.194. The second kappa shape index (κ2) is 5.97. The molecule has 0 spiro atoms. The molecule has 0 radical (unpaired) electrons. The third-order valence-electron chi connectivity index (χ3n) is 2.95. The number of carbonyl (C=O) groups is 1. The molecule has 0 aliphatic carbocycles. The zero-order valence-electron chi connectivity index (χ0n) is 11.3. The molecule has 1 amide bonds. The second-order valence-corrected chi connectivity index (χ2v) is 4.30. The van der Waals surface area contributed by atoms with Crippen molar-refractivity contribution < 1.29 is 14.6 Å². The van der Waals surface area contributed by atoms with Gasteiger partial charge in [0.05, 0.1) is 7.11 Å². The standard InChI is InChI=1S/C15H15N3O2/c1-10-8-13(18-16)14(20-2)9-12(10)17-15(19)11-6-4-3-5-7-11/h3-9,18H,1-2H3,(H,17,19). The number of amides is 1. The first-order valence-electron chi connectivity index (χ1n) is 6.11. The molecule has 0 atom stereocenters. The highest BCUT2D eigenvalue weighted by atomic mass is 16.5. The molecule has 2 rings (SSSR count). The molecule has 0 saturated heterocycles. The van der Waals surface area contributed by atoms with Gasteiger partial charge in [0, 0.05) is 23.4 Å². The first-order valence-corrected chi connectivity index (χ1v) is 6.11. The fraction of sp³-hybridized carbons (Fsp3) is 0.133. The van der Waals surface area contributed by atoms with Crippen molar-refractivity contribution in [2.24, 2.45) is 0 Å². The summed E-state index contributed by atoms with van der Waals surface area (Å²) in [6.45, 7) is 1.83. The Morgan fingerprint density at radius 2 is 1.95 bits per heavy atom. The molecule has 0 saturated carbocycles. The molecule has 0 aromatic heterocycles. The molecular formula is C15H15N3O2. The van der Waals surface area contributed by atoms with Gasteiger partial charge >= 0.3 is 0 Å². The van der Waals surface area contributed by atoms with E-state index in [1.807, 2.05) is 13.0 Å². The highest BCUT2D eigenvalue weighted by Crippen LogP contribution is 2.28. The molecule has 0 heterocycles. The van der Waals surface area contributed by atoms with Crippen LogP contribution >= 0.6 is 0 Å². The number of hydrogen-bond donors (Lipinski definition) is 2. The van der Waals surface area contributed by atoms with E-state index in [-0.39, 0.29) is 5.91 Å². The van der Waals surface area contributed by atoms with Crippen LogP contribution in [0.3, 0.4) is 0 Å². The molecule has 0 unspecified atom stereocenters. The van der Waals surface area contributed by atoms with Crippen LogP contribution in [0.15, 0.2) is 42.5 Å². The fourth-order valence-corrected chi connectivity index (χ4v) is 1.86. The lowest BCUT2D eigenvalue weighted by Crippen LogP contribution is -2.54. The number of hydrogen-bond acceptors (Lipinski definition) is 2. The quantitative estimate of drug-likeness (QED) is 0.833. The van der Waals surface area contributed by atoms with Gasteiger partial charge in [-0.25, -0.2) is 0 Å². The average Bonchev–Trinajstić information content (AvgIpc) is 2.49. The summed E-state index contributed by atoms with van der Waals surface area (Å²) in [5.74, 6) is 0.252. The molecular weight excluding hydrogens is 254 g/mol. The van der Waals surface area contributed by atoms with E-state index in [1.54, 1.807) is 36.4 Å². The Labute approximate surface area is 117 Å². The molecule has 2 aromatic rings. The monoisotopic (exact) mass is 269 g/mol. The summed E-state index contributed by atoms with van der Waals surface area (Å²) in [4.78, 5) is 12.1. The van der Waals surface area contributed by atoms with Crippen LogP contribution in [0.4, 0.5) is 11.4 Å². The van der Waals surface area contributed by atoms with E-state index in [0.29, 0.717) is 22.7 Å². The molecule has 102 valence electrons. The lowest BCUT2D eigenvalue weighted by molar-refractivity contribution is -0.380. The van der Waals surface area contributed by atoms with Crippen molar-refractivity contribution in [1.29, 1.82) is 0 Å². The van der Waals surface area contributed by atoms with E-state index in [9.17, 15) is 4.79 Å². The Morgan fingerprint density at radius 1 is 1.25 bits per heavy atom. The molecule has 2 aromatic carbocycles. The van der Waals surface area contributed by atoms with Crippen molar-refractivity contribution >= 4 is 17.3 Å². The Hall–Kier alpha value is -2.69. The summed E-state index contributed by atoms with van der Waals surface area (Å²) in [7, 11) is 1.49. The highest BCUT2D eigenvalue weighted by molar-refractivity contribution is 6.04. The number of ether oxygens (including phenoxy) is 1. The average molecular weight is 269 g/mol. The molecule has 0 fully saturated rings. The van der Waals surface area contributed by atoms with Crippen molar-refractivity contribution in [3.05, 3.63) is 59.1 Å². The first-order chi connectivity index (χ1) is 9.65. The maximum Gasteiger partial charge on any atom is 0.255 e. The number of benzene rings is 2. The van der Waals surface area contributed by atoms with E-state index in [2.05, 4.69) is 10.4 Å². The number of methoxy groups -OCH3 is 1. The fourth-order valence-electron chi connectivity index (χ4n) is 1.86. The van der Waals surface area contributed by atoms with Crippen LogP contribution < -0.4 is 15.2 Å². The van der Waals surface area contributed by atoms with Gasteiger partial charge in [-0.05, 0) is 24.6 Å². The summed E-state index contributed by atoms with van der Waals surface area (Å²) in [5, 5.41) is 4.89. The maximum atomic E-state index is 12.1. The van der Waals surface area contributed by atoms with Gasteiger partial charge in [0.15, 0.2) is 5.75 Å². The van der Waals surface area contributed by atoms with E-state index in [0.717, 1.165) is 5.56 Å². The summed E-state index contributed by atoms with van der Waals surface area (Å²) in [6.07, 6.45) is 0. The van der Waals surface area contributed by atoms with E-state index in [1.165, 1.54) is 7.11 Å². The van der Waals surface area contributed by atoms with Crippen molar-refractivity contribution in [3.8, 4) is 5.75 Å². The minimum absolute atomic E-state index is 0.194. The van der Waals surface area contributed by atoms with Crippen LogP contribution in [0.25, 0.3) is 5.53 Å². The third kappa shape index (κ3) is 2.83. The van der Waals surface area contributed by atoms with Crippen molar-refractivity contribution in [2.75, 3.05) is 12.4 Å². The molecule has 5 heteroatoms. The zero-order chi connectivity index (χ0) is 14.5. The molecule has 5 nitrogen and oxygen atoms in total. The molecule has 0 bridgehead atoms. The predicted octanol–water partition coefficient (Wildman–Crippen LogP) is 1.99. The first kappa shape index (κ1) is 13.7. The third-order valence-corrected chi connectivity index (χ3v) is 2.95.